The molecule has 3 aromatic rings. The lowest BCUT2D eigenvalue weighted by Gasteiger charge is -2.09. The highest BCUT2D eigenvalue weighted by atomic mass is 32.1. The van der Waals surface area contributed by atoms with Crippen molar-refractivity contribution in [2.45, 2.75) is 19.8 Å². The van der Waals surface area contributed by atoms with Crippen molar-refractivity contribution in [3.8, 4) is 16.6 Å². The van der Waals surface area contributed by atoms with E-state index >= 15 is 0 Å². The summed E-state index contributed by atoms with van der Waals surface area (Å²) in [7, 11) is 4.64. The molecule has 7 nitrogen and oxygen atoms in total. The number of ether oxygens (including phenoxy) is 3. The minimum Gasteiger partial charge on any atom is -0.493 e. The molecule has 0 saturated heterocycles. The van der Waals surface area contributed by atoms with Crippen LogP contribution in [-0.2, 0) is 4.79 Å². The van der Waals surface area contributed by atoms with E-state index in [0.29, 0.717) is 22.8 Å². The third-order valence-corrected chi connectivity index (χ3v) is 5.88. The zero-order valence-corrected chi connectivity index (χ0v) is 18.7. The van der Waals surface area contributed by atoms with Gasteiger partial charge in [-0.05, 0) is 31.2 Å². The van der Waals surface area contributed by atoms with Crippen molar-refractivity contribution in [2.24, 2.45) is 5.10 Å². The smallest absolute Gasteiger partial charge is 0.240 e. The Morgan fingerprint density at radius 3 is 2.42 bits per heavy atom. The highest BCUT2D eigenvalue weighted by molar-refractivity contribution is 7.21. The van der Waals surface area contributed by atoms with E-state index in [-0.39, 0.29) is 24.5 Å². The number of carbonyl (C=O) groups is 2. The summed E-state index contributed by atoms with van der Waals surface area (Å²) in [5.74, 6) is 0.502. The number of ketones is 1. The van der Waals surface area contributed by atoms with Crippen molar-refractivity contribution in [3.63, 3.8) is 0 Å². The van der Waals surface area contributed by atoms with E-state index in [2.05, 4.69) is 10.5 Å². The molecule has 0 aliphatic carbocycles. The van der Waals surface area contributed by atoms with Gasteiger partial charge in [-0.1, -0.05) is 29.5 Å². The van der Waals surface area contributed by atoms with Crippen LogP contribution in [0.4, 0.5) is 0 Å². The van der Waals surface area contributed by atoms with Gasteiger partial charge in [0.2, 0.25) is 5.91 Å². The first-order valence-corrected chi connectivity index (χ1v) is 10.4. The number of amides is 1. The number of benzene rings is 2. The molecule has 1 heterocycles. The summed E-state index contributed by atoms with van der Waals surface area (Å²) < 4.78 is 17.0. The molecule has 8 heteroatoms. The van der Waals surface area contributed by atoms with Gasteiger partial charge < -0.3 is 14.2 Å². The van der Waals surface area contributed by atoms with E-state index in [0.717, 1.165) is 20.7 Å². The number of nitrogens with one attached hydrogen (secondary N) is 1. The molecular formula is C23H24N2O5S. The van der Waals surface area contributed by atoms with Crippen LogP contribution in [0.25, 0.3) is 10.1 Å². The second kappa shape index (κ2) is 10.1. The van der Waals surface area contributed by atoms with Gasteiger partial charge in [-0.2, -0.15) is 5.10 Å². The molecule has 31 heavy (non-hydrogen) atoms. The summed E-state index contributed by atoms with van der Waals surface area (Å²) in [4.78, 5) is 24.7. The maximum Gasteiger partial charge on any atom is 0.240 e. The fourth-order valence-corrected chi connectivity index (χ4v) is 4.22. The van der Waals surface area contributed by atoms with Gasteiger partial charge >= 0.3 is 0 Å². The van der Waals surface area contributed by atoms with E-state index in [1.54, 1.807) is 25.3 Å². The van der Waals surface area contributed by atoms with Gasteiger partial charge in [0.15, 0.2) is 22.3 Å². The Hall–Kier alpha value is -3.39. The molecule has 0 aliphatic heterocycles. The molecule has 0 fully saturated rings. The van der Waals surface area contributed by atoms with Crippen LogP contribution in [0.1, 0.15) is 35.7 Å². The molecule has 162 valence electrons. The Kier molecular flexibility index (Phi) is 7.25. The summed E-state index contributed by atoms with van der Waals surface area (Å²) >= 11 is 1.52. The van der Waals surface area contributed by atoms with Gasteiger partial charge in [-0.3, -0.25) is 9.59 Å². The number of fused-ring (bicyclic) bond motifs is 1. The second-order valence-electron chi connectivity index (χ2n) is 6.69. The molecular weight excluding hydrogens is 416 g/mol. The summed E-state index contributed by atoms with van der Waals surface area (Å²) in [6.07, 6.45) is 0.0755. The molecule has 1 amide bonds. The van der Waals surface area contributed by atoms with Crippen LogP contribution in [0, 0.1) is 0 Å². The van der Waals surface area contributed by atoms with Crippen molar-refractivity contribution in [2.75, 3.05) is 21.3 Å². The molecule has 0 bridgehead atoms. The van der Waals surface area contributed by atoms with Crippen LogP contribution in [0.5, 0.6) is 16.6 Å². The first-order valence-electron chi connectivity index (χ1n) is 9.62. The van der Waals surface area contributed by atoms with Gasteiger partial charge in [-0.15, -0.1) is 0 Å². The highest BCUT2D eigenvalue weighted by Crippen LogP contribution is 2.37. The Balaban J connectivity index is 1.64. The lowest BCUT2D eigenvalue weighted by atomic mass is 10.1. The second-order valence-corrected chi connectivity index (χ2v) is 7.70. The fraction of sp³-hybridized carbons (Fsp3) is 0.261. The Morgan fingerprint density at radius 1 is 0.968 bits per heavy atom. The van der Waals surface area contributed by atoms with Crippen LogP contribution in [0.15, 0.2) is 47.6 Å². The first kappa shape index (κ1) is 22.3. The van der Waals surface area contributed by atoms with Gasteiger partial charge in [0.05, 0.1) is 32.6 Å². The van der Waals surface area contributed by atoms with E-state index in [4.69, 9.17) is 14.2 Å². The number of carbonyl (C=O) groups excluding carboxylic acids is 2. The van der Waals surface area contributed by atoms with Crippen molar-refractivity contribution in [1.29, 1.82) is 0 Å². The molecule has 3 rings (SSSR count). The van der Waals surface area contributed by atoms with Gasteiger partial charge in [0.1, 0.15) is 0 Å². The standard InChI is InChI=1S/C23H24N2O5S/c1-14(22-16-7-5-6-8-20(16)31-23(22)30-4)24-25-21(27)12-10-17(26)15-9-11-18(28-2)19(13-15)29-3/h5-9,11,13H,10,12H2,1-4H3,(H,25,27)/b24-14+. The number of hydrogen-bond donors (Lipinski definition) is 1. The lowest BCUT2D eigenvalue weighted by molar-refractivity contribution is -0.121. The van der Waals surface area contributed by atoms with Crippen molar-refractivity contribution in [1.82, 2.24) is 5.43 Å². The monoisotopic (exact) mass is 440 g/mol. The zero-order chi connectivity index (χ0) is 22.4. The van der Waals surface area contributed by atoms with Crippen LogP contribution in [0.2, 0.25) is 0 Å². The molecule has 0 unspecified atom stereocenters. The maximum atomic E-state index is 12.4. The average molecular weight is 441 g/mol. The number of nitrogens with zero attached hydrogens (tertiary/aromatic N) is 1. The third kappa shape index (κ3) is 5.03. The topological polar surface area (TPSA) is 86.2 Å². The molecule has 0 radical (unpaired) electrons. The molecule has 1 N–H and O–H groups in total. The Morgan fingerprint density at radius 2 is 1.71 bits per heavy atom. The largest absolute Gasteiger partial charge is 0.493 e. The summed E-state index contributed by atoms with van der Waals surface area (Å²) in [5, 5.41) is 5.98. The molecule has 1 aromatic heterocycles. The Bertz CT molecular complexity index is 1140. The van der Waals surface area contributed by atoms with E-state index < -0.39 is 0 Å². The summed E-state index contributed by atoms with van der Waals surface area (Å²) in [6.45, 7) is 1.81. The van der Waals surface area contributed by atoms with Gasteiger partial charge in [0.25, 0.3) is 0 Å². The zero-order valence-electron chi connectivity index (χ0n) is 17.9. The molecule has 0 spiro atoms. The lowest BCUT2D eigenvalue weighted by Crippen LogP contribution is -2.20. The third-order valence-electron chi connectivity index (χ3n) is 4.74. The highest BCUT2D eigenvalue weighted by Gasteiger charge is 2.16. The van der Waals surface area contributed by atoms with E-state index in [1.807, 2.05) is 31.2 Å². The summed E-state index contributed by atoms with van der Waals surface area (Å²) in [6, 6.07) is 12.8. The van der Waals surface area contributed by atoms with Gasteiger partial charge in [0, 0.05) is 28.5 Å². The van der Waals surface area contributed by atoms with Crippen molar-refractivity contribution >= 4 is 38.8 Å². The van der Waals surface area contributed by atoms with E-state index in [1.165, 1.54) is 25.6 Å². The number of hydrazone groups is 1. The minimum atomic E-state index is -0.341. The molecule has 0 aliphatic rings. The maximum absolute atomic E-state index is 12.4. The number of hydrogen-bond acceptors (Lipinski definition) is 7. The quantitative estimate of drug-likeness (QED) is 0.302. The number of thiophene rings is 1. The predicted octanol–water partition coefficient (Wildman–Crippen LogP) is 4.43. The molecule has 0 saturated carbocycles. The van der Waals surface area contributed by atoms with Gasteiger partial charge in [-0.25, -0.2) is 5.43 Å². The van der Waals surface area contributed by atoms with Crippen LogP contribution < -0.4 is 19.6 Å². The van der Waals surface area contributed by atoms with Crippen LogP contribution >= 0.6 is 11.3 Å². The first-order chi connectivity index (χ1) is 15.0. The van der Waals surface area contributed by atoms with E-state index in [9.17, 15) is 9.59 Å². The van der Waals surface area contributed by atoms with Crippen molar-refractivity contribution < 1.29 is 23.8 Å². The Labute approximate surface area is 184 Å². The van der Waals surface area contributed by atoms with Crippen molar-refractivity contribution in [3.05, 3.63) is 53.6 Å². The molecule has 2 aromatic carbocycles. The van der Waals surface area contributed by atoms with Crippen LogP contribution in [0.3, 0.4) is 0 Å². The normalized spacial score (nSPS) is 11.3. The SMILES string of the molecule is COc1ccc(C(=O)CCC(=O)N/N=C(\C)c2c(OC)sc3ccccc23)cc1OC. The number of methoxy groups -OCH3 is 3. The summed E-state index contributed by atoms with van der Waals surface area (Å²) in [5.41, 5.74) is 4.48. The number of Topliss-reactive ketones (excluding diaryl/α,β-unsaturated/α-hetero) is 1. The minimum absolute atomic E-state index is 0.0193. The fourth-order valence-electron chi connectivity index (χ4n) is 3.15. The predicted molar refractivity (Wildman–Crippen MR) is 122 cm³/mol. The van der Waals surface area contributed by atoms with Crippen LogP contribution in [-0.4, -0.2) is 38.7 Å². The number of rotatable bonds is 9. The molecule has 0 atom stereocenters. The average Bonchev–Trinajstić information content (AvgIpc) is 3.19.